The van der Waals surface area contributed by atoms with Gasteiger partial charge in [-0.3, -0.25) is 4.79 Å². The Bertz CT molecular complexity index is 1030. The van der Waals surface area contributed by atoms with E-state index in [1.54, 1.807) is 18.3 Å². The lowest BCUT2D eigenvalue weighted by atomic mass is 10.0. The van der Waals surface area contributed by atoms with Crippen molar-refractivity contribution in [3.8, 4) is 0 Å². The molecule has 0 spiro atoms. The van der Waals surface area contributed by atoms with Gasteiger partial charge in [-0.25, -0.2) is 9.07 Å². The molecule has 0 bridgehead atoms. The molecule has 0 aliphatic carbocycles. The van der Waals surface area contributed by atoms with Crippen molar-refractivity contribution in [2.45, 2.75) is 25.4 Å². The largest absolute Gasteiger partial charge is 0.380 e. The van der Waals surface area contributed by atoms with Gasteiger partial charge in [0, 0.05) is 19.1 Å². The monoisotopic (exact) mass is 412 g/mol. The Hall–Kier alpha value is -2.86. The van der Waals surface area contributed by atoms with Crippen LogP contribution in [-0.2, 0) is 6.54 Å². The van der Waals surface area contributed by atoms with Gasteiger partial charge in [0.15, 0.2) is 0 Å². The van der Waals surface area contributed by atoms with E-state index in [2.05, 4.69) is 15.3 Å². The van der Waals surface area contributed by atoms with Crippen LogP contribution < -0.4 is 15.8 Å². The quantitative estimate of drug-likeness (QED) is 0.683. The number of halogens is 2. The third kappa shape index (κ3) is 4.43. The van der Waals surface area contributed by atoms with Crippen molar-refractivity contribution in [3.63, 3.8) is 0 Å². The van der Waals surface area contributed by atoms with Crippen molar-refractivity contribution in [2.24, 2.45) is 0 Å². The number of para-hydroxylation sites is 1. The summed E-state index contributed by atoms with van der Waals surface area (Å²) in [6.45, 7) is 1.82. The molecular formula is C22H22ClFN4O. The fourth-order valence-corrected chi connectivity index (χ4v) is 3.87. The minimum Gasteiger partial charge on any atom is -0.380 e. The van der Waals surface area contributed by atoms with Gasteiger partial charge in [0.2, 0.25) is 0 Å². The summed E-state index contributed by atoms with van der Waals surface area (Å²) in [4.78, 5) is 14.7. The lowest BCUT2D eigenvalue weighted by Crippen LogP contribution is -2.40. The standard InChI is InChI=1S/C22H22ClFN4O/c23-21-20(14-25-28(22(21)29)15-16-6-2-1-3-7-16)27-12-10-17(11-13-27)26-19-9-5-4-8-18(19)24/h1-9,14,17,26H,10-13,15H2. The molecule has 29 heavy (non-hydrogen) atoms. The highest BCUT2D eigenvalue weighted by molar-refractivity contribution is 6.33. The minimum absolute atomic E-state index is 0.174. The van der Waals surface area contributed by atoms with Gasteiger partial charge in [-0.05, 0) is 30.5 Å². The Morgan fingerprint density at radius 1 is 1.07 bits per heavy atom. The summed E-state index contributed by atoms with van der Waals surface area (Å²) in [5, 5.41) is 7.78. The molecular weight excluding hydrogens is 391 g/mol. The van der Waals surface area contributed by atoms with Crippen molar-refractivity contribution >= 4 is 23.0 Å². The average molecular weight is 413 g/mol. The second kappa shape index (κ2) is 8.66. The molecule has 0 atom stereocenters. The van der Waals surface area contributed by atoms with Gasteiger partial charge < -0.3 is 10.2 Å². The number of aromatic nitrogens is 2. The molecule has 0 amide bonds. The van der Waals surface area contributed by atoms with Crippen LogP contribution >= 0.6 is 11.6 Å². The predicted octanol–water partition coefficient (Wildman–Crippen LogP) is 4.17. The maximum absolute atomic E-state index is 13.8. The molecule has 0 radical (unpaired) electrons. The second-order valence-corrected chi connectivity index (χ2v) is 7.56. The van der Waals surface area contributed by atoms with Gasteiger partial charge in [-0.1, -0.05) is 54.1 Å². The third-order valence-electron chi connectivity index (χ3n) is 5.21. The molecule has 4 rings (SSSR count). The van der Waals surface area contributed by atoms with E-state index in [0.29, 0.717) is 17.9 Å². The number of benzene rings is 2. The van der Waals surface area contributed by atoms with Crippen LogP contribution in [0, 0.1) is 5.82 Å². The molecule has 3 aromatic rings. The molecule has 5 nitrogen and oxygen atoms in total. The zero-order valence-electron chi connectivity index (χ0n) is 15.9. The Morgan fingerprint density at radius 2 is 1.76 bits per heavy atom. The Balaban J connectivity index is 1.43. The van der Waals surface area contributed by atoms with Crippen LogP contribution in [0.2, 0.25) is 5.02 Å². The van der Waals surface area contributed by atoms with Crippen LogP contribution in [0.25, 0.3) is 0 Å². The van der Waals surface area contributed by atoms with Gasteiger partial charge in [-0.2, -0.15) is 5.10 Å². The maximum Gasteiger partial charge on any atom is 0.287 e. The molecule has 2 aromatic carbocycles. The van der Waals surface area contributed by atoms with E-state index in [-0.39, 0.29) is 22.4 Å². The molecule has 1 aliphatic rings. The first kappa shape index (κ1) is 19.5. The van der Waals surface area contributed by atoms with Crippen LogP contribution in [0.5, 0.6) is 0 Å². The van der Waals surface area contributed by atoms with Crippen molar-refractivity contribution < 1.29 is 4.39 Å². The molecule has 7 heteroatoms. The van der Waals surface area contributed by atoms with E-state index in [0.717, 1.165) is 31.5 Å². The van der Waals surface area contributed by atoms with Crippen LogP contribution in [-0.4, -0.2) is 28.9 Å². The number of rotatable bonds is 5. The first-order valence-corrected chi connectivity index (χ1v) is 10.0. The molecule has 1 fully saturated rings. The van der Waals surface area contributed by atoms with Crippen molar-refractivity contribution in [2.75, 3.05) is 23.3 Å². The molecule has 1 N–H and O–H groups in total. The van der Waals surface area contributed by atoms with E-state index in [9.17, 15) is 9.18 Å². The summed E-state index contributed by atoms with van der Waals surface area (Å²) in [7, 11) is 0. The molecule has 1 saturated heterocycles. The second-order valence-electron chi connectivity index (χ2n) is 7.18. The highest BCUT2D eigenvalue weighted by atomic mass is 35.5. The summed E-state index contributed by atoms with van der Waals surface area (Å²) < 4.78 is 15.2. The zero-order chi connectivity index (χ0) is 20.2. The normalized spacial score (nSPS) is 14.8. The topological polar surface area (TPSA) is 50.2 Å². The fraction of sp³-hybridized carbons (Fsp3) is 0.273. The molecule has 1 aromatic heterocycles. The van der Waals surface area contributed by atoms with Gasteiger partial charge in [-0.15, -0.1) is 0 Å². The molecule has 150 valence electrons. The number of piperidine rings is 1. The first-order valence-electron chi connectivity index (χ1n) is 9.67. The minimum atomic E-state index is -0.292. The Labute approximate surface area is 173 Å². The SMILES string of the molecule is O=c1c(Cl)c(N2CCC(Nc3ccccc3F)CC2)cnn1Cc1ccccc1. The summed E-state index contributed by atoms with van der Waals surface area (Å²) in [6, 6.07) is 16.5. The van der Waals surface area contributed by atoms with E-state index in [1.165, 1.54) is 10.7 Å². The van der Waals surface area contributed by atoms with Gasteiger partial charge >= 0.3 is 0 Å². The Morgan fingerprint density at radius 3 is 2.48 bits per heavy atom. The lowest BCUT2D eigenvalue weighted by molar-refractivity contribution is 0.520. The van der Waals surface area contributed by atoms with Crippen molar-refractivity contribution in [3.05, 3.63) is 87.6 Å². The molecule has 1 aliphatic heterocycles. The smallest absolute Gasteiger partial charge is 0.287 e. The Kier molecular flexibility index (Phi) is 5.81. The summed E-state index contributed by atoms with van der Waals surface area (Å²) in [6.07, 6.45) is 3.30. The van der Waals surface area contributed by atoms with Crippen molar-refractivity contribution in [1.82, 2.24) is 9.78 Å². The summed E-state index contributed by atoms with van der Waals surface area (Å²) in [5.74, 6) is -0.246. The number of nitrogens with one attached hydrogen (secondary N) is 1. The van der Waals surface area contributed by atoms with Gasteiger partial charge in [0.1, 0.15) is 10.8 Å². The van der Waals surface area contributed by atoms with Crippen LogP contribution in [0.15, 0.2) is 65.6 Å². The first-order chi connectivity index (χ1) is 14.1. The predicted molar refractivity (Wildman–Crippen MR) is 114 cm³/mol. The van der Waals surface area contributed by atoms with E-state index >= 15 is 0 Å². The molecule has 2 heterocycles. The number of hydrogen-bond acceptors (Lipinski definition) is 4. The van der Waals surface area contributed by atoms with Crippen LogP contribution in [0.4, 0.5) is 15.8 Å². The van der Waals surface area contributed by atoms with Gasteiger partial charge in [0.05, 0.1) is 24.1 Å². The zero-order valence-corrected chi connectivity index (χ0v) is 16.6. The molecule has 0 saturated carbocycles. The third-order valence-corrected chi connectivity index (χ3v) is 5.57. The number of hydrogen-bond donors (Lipinski definition) is 1. The maximum atomic E-state index is 13.8. The highest BCUT2D eigenvalue weighted by Crippen LogP contribution is 2.26. The summed E-state index contributed by atoms with van der Waals surface area (Å²) >= 11 is 6.40. The van der Waals surface area contributed by atoms with E-state index in [4.69, 9.17) is 11.6 Å². The summed E-state index contributed by atoms with van der Waals surface area (Å²) in [5.41, 5.74) is 1.88. The van der Waals surface area contributed by atoms with Crippen molar-refractivity contribution in [1.29, 1.82) is 0 Å². The van der Waals surface area contributed by atoms with E-state index < -0.39 is 0 Å². The van der Waals surface area contributed by atoms with Crippen LogP contribution in [0.3, 0.4) is 0 Å². The number of nitrogens with zero attached hydrogens (tertiary/aromatic N) is 3. The van der Waals surface area contributed by atoms with Crippen LogP contribution in [0.1, 0.15) is 18.4 Å². The number of anilines is 2. The van der Waals surface area contributed by atoms with E-state index in [1.807, 2.05) is 36.4 Å². The lowest BCUT2D eigenvalue weighted by Gasteiger charge is -2.34. The fourth-order valence-electron chi connectivity index (χ4n) is 3.61. The van der Waals surface area contributed by atoms with Gasteiger partial charge in [0.25, 0.3) is 5.56 Å². The highest BCUT2D eigenvalue weighted by Gasteiger charge is 2.23. The molecule has 0 unspecified atom stereocenters. The average Bonchev–Trinajstić information content (AvgIpc) is 2.75.